The third kappa shape index (κ3) is 4.62. The van der Waals surface area contributed by atoms with Crippen molar-refractivity contribution >= 4 is 18.0 Å². The normalized spacial score (nSPS) is 25.6. The number of benzene rings is 2. The van der Waals surface area contributed by atoms with Gasteiger partial charge in [-0.25, -0.2) is 9.59 Å². The van der Waals surface area contributed by atoms with Gasteiger partial charge >= 0.3 is 12.1 Å². The number of amides is 2. The van der Waals surface area contributed by atoms with Crippen LogP contribution in [0.2, 0.25) is 0 Å². The molecule has 8 heteroatoms. The number of likely N-dealkylation sites (tertiary alicyclic amines) is 1. The fourth-order valence-corrected chi connectivity index (χ4v) is 5.88. The molecule has 0 radical (unpaired) electrons. The van der Waals surface area contributed by atoms with Crippen LogP contribution in [-0.4, -0.2) is 64.4 Å². The van der Waals surface area contributed by atoms with Gasteiger partial charge in [-0.3, -0.25) is 4.79 Å². The third-order valence-corrected chi connectivity index (χ3v) is 7.54. The highest BCUT2D eigenvalue weighted by Crippen LogP contribution is 2.44. The highest BCUT2D eigenvalue weighted by molar-refractivity contribution is 5.86. The van der Waals surface area contributed by atoms with Crippen molar-refractivity contribution in [2.24, 2.45) is 5.92 Å². The van der Waals surface area contributed by atoms with Crippen LogP contribution in [0.5, 0.6) is 0 Å². The average Bonchev–Trinajstić information content (AvgIpc) is 3.41. The fraction of sp³-hybridized carbons (Fsp3) is 0.444. The number of rotatable bonds is 5. The van der Waals surface area contributed by atoms with Crippen LogP contribution in [-0.2, 0) is 14.3 Å². The van der Waals surface area contributed by atoms with E-state index in [1.54, 1.807) is 0 Å². The average molecular weight is 479 g/mol. The number of carbonyl (C=O) groups excluding carboxylic acids is 2. The number of carboxylic acid groups (broad SMARTS) is 1. The molecule has 1 saturated heterocycles. The molecule has 1 heterocycles. The maximum Gasteiger partial charge on any atom is 0.407 e. The molecule has 3 aliphatic rings. The first-order valence-corrected chi connectivity index (χ1v) is 12.2. The number of aliphatic carboxylic acids is 1. The molecule has 3 N–H and O–H groups in total. The van der Waals surface area contributed by atoms with Crippen molar-refractivity contribution < 1.29 is 29.3 Å². The second kappa shape index (κ2) is 9.70. The summed E-state index contributed by atoms with van der Waals surface area (Å²) in [5, 5.41) is 22.2. The fourth-order valence-electron chi connectivity index (χ4n) is 5.88. The Balaban J connectivity index is 1.18. The Kier molecular flexibility index (Phi) is 6.47. The zero-order chi connectivity index (χ0) is 24.5. The van der Waals surface area contributed by atoms with E-state index in [2.05, 4.69) is 29.6 Å². The molecule has 184 valence electrons. The molecule has 4 atom stereocenters. The maximum atomic E-state index is 13.0. The lowest BCUT2D eigenvalue weighted by Crippen LogP contribution is -2.47. The second-order valence-electron chi connectivity index (χ2n) is 9.76. The summed E-state index contributed by atoms with van der Waals surface area (Å²) >= 11 is 0. The molecular weight excluding hydrogens is 448 g/mol. The van der Waals surface area contributed by atoms with Gasteiger partial charge in [-0.2, -0.15) is 0 Å². The van der Waals surface area contributed by atoms with Crippen LogP contribution in [0.15, 0.2) is 48.5 Å². The lowest BCUT2D eigenvalue weighted by atomic mass is 9.84. The standard InChI is InChI=1S/C27H30N2O6/c30-18-13-24(26(32)33)29(14-18)25(31)16-6-5-7-17(12-16)28-27(34)35-15-23-21-10-3-1-8-19(21)20-9-2-4-11-22(20)23/h1-4,8-11,16-18,23-24,30H,5-7,12-15H2,(H,28,34)(H,32,33)/t16-,17-,18+,24+/m1/s1. The van der Waals surface area contributed by atoms with Crippen molar-refractivity contribution in [1.29, 1.82) is 0 Å². The van der Waals surface area contributed by atoms with Gasteiger partial charge < -0.3 is 25.2 Å². The molecule has 0 bridgehead atoms. The van der Waals surface area contributed by atoms with Gasteiger partial charge in [0.15, 0.2) is 0 Å². The summed E-state index contributed by atoms with van der Waals surface area (Å²) in [5.41, 5.74) is 4.62. The van der Waals surface area contributed by atoms with Crippen molar-refractivity contribution in [3.63, 3.8) is 0 Å². The van der Waals surface area contributed by atoms with E-state index in [9.17, 15) is 24.6 Å². The van der Waals surface area contributed by atoms with E-state index >= 15 is 0 Å². The number of hydrogen-bond donors (Lipinski definition) is 3. The van der Waals surface area contributed by atoms with Crippen LogP contribution < -0.4 is 5.32 Å². The highest BCUT2D eigenvalue weighted by atomic mass is 16.5. The van der Waals surface area contributed by atoms with Crippen molar-refractivity contribution in [1.82, 2.24) is 10.2 Å². The van der Waals surface area contributed by atoms with Crippen LogP contribution in [0.4, 0.5) is 4.79 Å². The van der Waals surface area contributed by atoms with Crippen LogP contribution in [0, 0.1) is 5.92 Å². The largest absolute Gasteiger partial charge is 0.480 e. The minimum Gasteiger partial charge on any atom is -0.480 e. The number of hydrogen-bond acceptors (Lipinski definition) is 5. The van der Waals surface area contributed by atoms with Crippen molar-refractivity contribution in [2.75, 3.05) is 13.2 Å². The molecule has 0 aromatic heterocycles. The summed E-state index contributed by atoms with van der Waals surface area (Å²) in [7, 11) is 0. The highest BCUT2D eigenvalue weighted by Gasteiger charge is 2.42. The molecule has 8 nitrogen and oxygen atoms in total. The number of β-amino-alcohol motifs (C(OH)–C–C–N with tert-alkyl or cyclic N) is 1. The van der Waals surface area contributed by atoms with Gasteiger partial charge in [0, 0.05) is 30.8 Å². The Morgan fingerprint density at radius 3 is 2.29 bits per heavy atom. The van der Waals surface area contributed by atoms with Gasteiger partial charge in [-0.15, -0.1) is 0 Å². The molecule has 5 rings (SSSR count). The number of fused-ring (bicyclic) bond motifs is 3. The molecule has 2 aliphatic carbocycles. The van der Waals surface area contributed by atoms with E-state index in [4.69, 9.17) is 4.74 Å². The van der Waals surface area contributed by atoms with Crippen molar-refractivity contribution in [2.45, 2.75) is 56.2 Å². The van der Waals surface area contributed by atoms with Crippen LogP contribution in [0.3, 0.4) is 0 Å². The first-order chi connectivity index (χ1) is 16.9. The molecule has 2 amide bonds. The number of carboxylic acids is 1. The van der Waals surface area contributed by atoms with Crippen molar-refractivity contribution in [3.05, 3.63) is 59.7 Å². The summed E-state index contributed by atoms with van der Waals surface area (Å²) in [6.07, 6.45) is 1.28. The number of ether oxygens (including phenoxy) is 1. The van der Waals surface area contributed by atoms with E-state index in [1.807, 2.05) is 24.3 Å². The summed E-state index contributed by atoms with van der Waals surface area (Å²) < 4.78 is 5.64. The van der Waals surface area contributed by atoms with Crippen LogP contribution in [0.25, 0.3) is 11.1 Å². The molecular formula is C27H30N2O6. The van der Waals surface area contributed by atoms with Gasteiger partial charge in [0.05, 0.1) is 6.10 Å². The molecule has 0 unspecified atom stereocenters. The molecule has 0 spiro atoms. The summed E-state index contributed by atoms with van der Waals surface area (Å²) in [4.78, 5) is 38.5. The SMILES string of the molecule is O=C(N[C@@H]1CCC[C@@H](C(=O)N2C[C@@H](O)C[C@H]2C(=O)O)C1)OCC1c2ccccc2-c2ccccc21. The van der Waals surface area contributed by atoms with E-state index in [1.165, 1.54) is 4.90 Å². The first-order valence-electron chi connectivity index (χ1n) is 12.2. The smallest absolute Gasteiger partial charge is 0.407 e. The van der Waals surface area contributed by atoms with Gasteiger partial charge in [0.2, 0.25) is 5.91 Å². The zero-order valence-electron chi connectivity index (χ0n) is 19.4. The molecule has 1 saturated carbocycles. The number of aliphatic hydroxyl groups excluding tert-OH is 1. The Bertz CT molecular complexity index is 1090. The lowest BCUT2D eigenvalue weighted by molar-refractivity contribution is -0.150. The summed E-state index contributed by atoms with van der Waals surface area (Å²) in [6.45, 7) is 0.262. The monoisotopic (exact) mass is 478 g/mol. The molecule has 2 fully saturated rings. The minimum absolute atomic E-state index is 0.0246. The first kappa shape index (κ1) is 23.4. The van der Waals surface area contributed by atoms with Crippen LogP contribution >= 0.6 is 0 Å². The second-order valence-corrected chi connectivity index (χ2v) is 9.76. The Morgan fingerprint density at radius 1 is 0.971 bits per heavy atom. The Morgan fingerprint density at radius 2 is 1.63 bits per heavy atom. The maximum absolute atomic E-state index is 13.0. The minimum atomic E-state index is -1.10. The number of aliphatic hydroxyl groups is 1. The lowest BCUT2D eigenvalue weighted by Gasteiger charge is -2.32. The third-order valence-electron chi connectivity index (χ3n) is 7.54. The van der Waals surface area contributed by atoms with E-state index in [-0.39, 0.29) is 43.4 Å². The molecule has 1 aliphatic heterocycles. The van der Waals surface area contributed by atoms with E-state index < -0.39 is 24.2 Å². The van der Waals surface area contributed by atoms with Gasteiger partial charge in [-0.05, 0) is 41.5 Å². The predicted octanol–water partition coefficient (Wildman–Crippen LogP) is 3.13. The number of nitrogens with zero attached hydrogens (tertiary/aromatic N) is 1. The van der Waals surface area contributed by atoms with Crippen molar-refractivity contribution in [3.8, 4) is 11.1 Å². The van der Waals surface area contributed by atoms with Gasteiger partial charge in [-0.1, -0.05) is 55.0 Å². The molecule has 2 aromatic carbocycles. The zero-order valence-corrected chi connectivity index (χ0v) is 19.4. The quantitative estimate of drug-likeness (QED) is 0.608. The number of nitrogens with one attached hydrogen (secondary N) is 1. The topological polar surface area (TPSA) is 116 Å². The number of carbonyl (C=O) groups is 3. The number of alkyl carbamates (subject to hydrolysis) is 1. The Hall–Kier alpha value is -3.39. The van der Waals surface area contributed by atoms with E-state index in [0.717, 1.165) is 35.1 Å². The van der Waals surface area contributed by atoms with Crippen LogP contribution in [0.1, 0.15) is 49.1 Å². The predicted molar refractivity (Wildman–Crippen MR) is 128 cm³/mol. The summed E-state index contributed by atoms with van der Waals surface area (Å²) in [5.74, 6) is -1.76. The Labute approximate surface area is 203 Å². The van der Waals surface area contributed by atoms with Gasteiger partial charge in [0.1, 0.15) is 12.6 Å². The van der Waals surface area contributed by atoms with Gasteiger partial charge in [0.25, 0.3) is 0 Å². The molecule has 35 heavy (non-hydrogen) atoms. The van der Waals surface area contributed by atoms with E-state index in [0.29, 0.717) is 12.8 Å². The molecule has 2 aromatic rings. The summed E-state index contributed by atoms with van der Waals surface area (Å²) in [6, 6.07) is 15.1.